The number of aliphatic hydroxyl groups excluding tert-OH is 1. The molecule has 0 spiro atoms. The molecule has 0 bridgehead atoms. The van der Waals surface area contributed by atoms with Gasteiger partial charge in [-0.1, -0.05) is 0 Å². The van der Waals surface area contributed by atoms with Crippen molar-refractivity contribution >= 4 is 23.8 Å². The first-order chi connectivity index (χ1) is 8.82. The molecule has 1 saturated heterocycles. The number of aliphatic hydroxyl groups is 1. The Labute approximate surface area is 108 Å². The lowest BCUT2D eigenvalue weighted by Crippen LogP contribution is -2.41. The van der Waals surface area contributed by atoms with E-state index in [4.69, 9.17) is 10.2 Å². The number of nitrogens with zero attached hydrogens (tertiary/aromatic N) is 2. The Hall–Kier alpha value is -2.16. The number of amides is 4. The van der Waals surface area contributed by atoms with Crippen LogP contribution in [-0.4, -0.2) is 76.6 Å². The van der Waals surface area contributed by atoms with Crippen molar-refractivity contribution in [2.45, 2.75) is 12.5 Å². The zero-order valence-corrected chi connectivity index (χ0v) is 10.3. The largest absolute Gasteiger partial charge is 0.479 e. The first kappa shape index (κ1) is 14.9. The van der Waals surface area contributed by atoms with Gasteiger partial charge in [-0.2, -0.15) is 0 Å². The summed E-state index contributed by atoms with van der Waals surface area (Å²) in [6.07, 6.45) is -1.70. The van der Waals surface area contributed by atoms with Crippen molar-refractivity contribution in [2.24, 2.45) is 0 Å². The molecule has 0 unspecified atom stereocenters. The van der Waals surface area contributed by atoms with Crippen LogP contribution in [0.15, 0.2) is 0 Å². The number of hydrogen-bond donors (Lipinski definition) is 3. The summed E-state index contributed by atoms with van der Waals surface area (Å²) in [6.45, 7) is -0.534. The van der Waals surface area contributed by atoms with E-state index in [0.717, 1.165) is 4.90 Å². The summed E-state index contributed by atoms with van der Waals surface area (Å²) in [7, 11) is 1.45. The summed E-state index contributed by atoms with van der Waals surface area (Å²) in [5, 5.41) is 19.7. The molecule has 0 saturated carbocycles. The van der Waals surface area contributed by atoms with Crippen molar-refractivity contribution in [3.05, 3.63) is 0 Å². The fourth-order valence-electron chi connectivity index (χ4n) is 1.50. The molecule has 1 fully saturated rings. The average molecular weight is 273 g/mol. The van der Waals surface area contributed by atoms with Crippen LogP contribution in [0.25, 0.3) is 0 Å². The Morgan fingerprint density at radius 2 is 2.05 bits per heavy atom. The van der Waals surface area contributed by atoms with Crippen LogP contribution < -0.4 is 5.32 Å². The number of rotatable bonds is 6. The fourth-order valence-corrected chi connectivity index (χ4v) is 1.50. The molecule has 1 atom stereocenters. The van der Waals surface area contributed by atoms with Gasteiger partial charge in [0.1, 0.15) is 13.1 Å². The van der Waals surface area contributed by atoms with Crippen molar-refractivity contribution in [3.63, 3.8) is 0 Å². The van der Waals surface area contributed by atoms with Gasteiger partial charge in [0, 0.05) is 20.0 Å². The Morgan fingerprint density at radius 3 is 2.53 bits per heavy atom. The Morgan fingerprint density at radius 1 is 1.42 bits per heavy atom. The molecule has 0 aliphatic carbocycles. The van der Waals surface area contributed by atoms with Crippen LogP contribution in [-0.2, 0) is 14.4 Å². The summed E-state index contributed by atoms with van der Waals surface area (Å²) in [6, 6.07) is -0.550. The van der Waals surface area contributed by atoms with E-state index in [1.807, 2.05) is 0 Å². The number of urea groups is 1. The van der Waals surface area contributed by atoms with Gasteiger partial charge >= 0.3 is 12.0 Å². The maximum atomic E-state index is 11.5. The minimum Gasteiger partial charge on any atom is -0.479 e. The molecule has 4 amide bonds. The zero-order valence-electron chi connectivity index (χ0n) is 10.3. The van der Waals surface area contributed by atoms with Crippen LogP contribution in [0.2, 0.25) is 0 Å². The second kappa shape index (κ2) is 6.14. The molecule has 19 heavy (non-hydrogen) atoms. The van der Waals surface area contributed by atoms with E-state index in [0.29, 0.717) is 0 Å². The number of carbonyl (C=O) groups excluding carboxylic acids is 3. The molecule has 1 rings (SSSR count). The number of aliphatic carboxylic acids is 1. The number of imide groups is 1. The van der Waals surface area contributed by atoms with Crippen molar-refractivity contribution in [3.8, 4) is 0 Å². The number of nitrogens with one attached hydrogen (secondary N) is 1. The lowest BCUT2D eigenvalue weighted by Gasteiger charge is -2.14. The van der Waals surface area contributed by atoms with Gasteiger partial charge in [-0.15, -0.1) is 0 Å². The topological polar surface area (TPSA) is 127 Å². The van der Waals surface area contributed by atoms with Gasteiger partial charge in [0.05, 0.1) is 0 Å². The zero-order chi connectivity index (χ0) is 14.6. The van der Waals surface area contributed by atoms with Crippen LogP contribution in [0, 0.1) is 0 Å². The van der Waals surface area contributed by atoms with E-state index in [1.54, 1.807) is 0 Å². The third-order valence-electron chi connectivity index (χ3n) is 2.56. The van der Waals surface area contributed by atoms with Crippen LogP contribution in [0.1, 0.15) is 6.42 Å². The summed E-state index contributed by atoms with van der Waals surface area (Å²) in [5.74, 6) is -2.43. The lowest BCUT2D eigenvalue weighted by atomic mass is 10.2. The van der Waals surface area contributed by atoms with E-state index in [1.165, 1.54) is 11.9 Å². The van der Waals surface area contributed by atoms with Gasteiger partial charge in [0.25, 0.3) is 5.91 Å². The third kappa shape index (κ3) is 3.91. The second-order valence-corrected chi connectivity index (χ2v) is 4.11. The van der Waals surface area contributed by atoms with Crippen LogP contribution in [0.3, 0.4) is 0 Å². The minimum atomic E-state index is -1.55. The van der Waals surface area contributed by atoms with Gasteiger partial charge < -0.3 is 20.4 Å². The van der Waals surface area contributed by atoms with Crippen molar-refractivity contribution in [2.75, 3.05) is 26.7 Å². The van der Waals surface area contributed by atoms with E-state index in [9.17, 15) is 19.2 Å². The van der Waals surface area contributed by atoms with Crippen molar-refractivity contribution in [1.29, 1.82) is 0 Å². The van der Waals surface area contributed by atoms with Crippen LogP contribution in [0.4, 0.5) is 4.79 Å². The van der Waals surface area contributed by atoms with E-state index in [-0.39, 0.29) is 19.5 Å². The van der Waals surface area contributed by atoms with E-state index in [2.05, 4.69) is 5.32 Å². The third-order valence-corrected chi connectivity index (χ3v) is 2.56. The van der Waals surface area contributed by atoms with Gasteiger partial charge in [0.15, 0.2) is 6.10 Å². The standard InChI is InChI=1S/C10H15N3O6/c1-12-5-8(16)13(10(12)19)4-7(15)11-3-2-6(14)9(17)18/h6,14H,2-5H2,1H3,(H,11,15)(H,17,18)/t6-/m0/s1. The maximum absolute atomic E-state index is 11.5. The monoisotopic (exact) mass is 273 g/mol. The van der Waals surface area contributed by atoms with E-state index < -0.39 is 36.5 Å². The second-order valence-electron chi connectivity index (χ2n) is 4.11. The molecule has 0 aromatic rings. The molecule has 106 valence electrons. The number of hydrogen-bond acceptors (Lipinski definition) is 5. The molecule has 9 heteroatoms. The molecule has 0 aromatic carbocycles. The Bertz CT molecular complexity index is 410. The quantitative estimate of drug-likeness (QED) is 0.473. The molecule has 0 aromatic heterocycles. The molecule has 9 nitrogen and oxygen atoms in total. The van der Waals surface area contributed by atoms with Gasteiger partial charge in [-0.3, -0.25) is 14.5 Å². The maximum Gasteiger partial charge on any atom is 0.332 e. The highest BCUT2D eigenvalue weighted by Crippen LogP contribution is 2.06. The number of carboxylic acid groups (broad SMARTS) is 1. The molecule has 1 aliphatic rings. The highest BCUT2D eigenvalue weighted by Gasteiger charge is 2.34. The Balaban J connectivity index is 2.34. The van der Waals surface area contributed by atoms with Crippen LogP contribution in [0.5, 0.6) is 0 Å². The summed E-state index contributed by atoms with van der Waals surface area (Å²) >= 11 is 0. The molecule has 1 heterocycles. The minimum absolute atomic E-state index is 0.0572. The fraction of sp³-hybridized carbons (Fsp3) is 0.600. The predicted molar refractivity (Wildman–Crippen MR) is 61.0 cm³/mol. The first-order valence-corrected chi connectivity index (χ1v) is 5.56. The lowest BCUT2D eigenvalue weighted by molar-refractivity contribution is -0.147. The highest BCUT2D eigenvalue weighted by molar-refractivity contribution is 6.04. The predicted octanol–water partition coefficient (Wildman–Crippen LogP) is -2.17. The first-order valence-electron chi connectivity index (χ1n) is 5.56. The van der Waals surface area contributed by atoms with Crippen molar-refractivity contribution in [1.82, 2.24) is 15.1 Å². The van der Waals surface area contributed by atoms with Crippen LogP contribution >= 0.6 is 0 Å². The highest BCUT2D eigenvalue weighted by atomic mass is 16.4. The summed E-state index contributed by atoms with van der Waals surface area (Å²) in [5.41, 5.74) is 0. The summed E-state index contributed by atoms with van der Waals surface area (Å²) in [4.78, 5) is 46.6. The van der Waals surface area contributed by atoms with E-state index >= 15 is 0 Å². The van der Waals surface area contributed by atoms with Crippen molar-refractivity contribution < 1.29 is 29.4 Å². The van der Waals surface area contributed by atoms with Gasteiger partial charge in [0.2, 0.25) is 5.91 Å². The number of carboxylic acids is 1. The smallest absolute Gasteiger partial charge is 0.332 e. The molecule has 1 aliphatic heterocycles. The molecule has 0 radical (unpaired) electrons. The van der Waals surface area contributed by atoms with Gasteiger partial charge in [-0.25, -0.2) is 9.59 Å². The molecular weight excluding hydrogens is 258 g/mol. The normalized spacial score (nSPS) is 16.7. The summed E-state index contributed by atoms with van der Waals surface area (Å²) < 4.78 is 0. The molecular formula is C10H15N3O6. The van der Waals surface area contributed by atoms with Gasteiger partial charge in [-0.05, 0) is 0 Å². The number of likely N-dealkylation sites (N-methyl/N-ethyl adjacent to an activating group) is 1. The number of carbonyl (C=O) groups is 4. The SMILES string of the molecule is CN1CC(=O)N(CC(=O)NCC[C@H](O)C(=O)O)C1=O. The molecule has 3 N–H and O–H groups in total. The average Bonchev–Trinajstić information content (AvgIpc) is 2.55. The Kier molecular flexibility index (Phi) is 4.81.